The van der Waals surface area contributed by atoms with E-state index in [9.17, 15) is 0 Å². The van der Waals surface area contributed by atoms with Crippen LogP contribution >= 0.6 is 0 Å². The fourth-order valence-corrected chi connectivity index (χ4v) is 3.14. The van der Waals surface area contributed by atoms with Crippen LogP contribution in [0.2, 0.25) is 0 Å². The molecule has 0 amide bonds. The average molecular weight is 358 g/mol. The van der Waals surface area contributed by atoms with Crippen LogP contribution in [0.15, 0.2) is 72.0 Å². The Balaban J connectivity index is 1.70. The van der Waals surface area contributed by atoms with E-state index >= 15 is 0 Å². The molecule has 0 atom stereocenters. The van der Waals surface area contributed by atoms with Gasteiger partial charge in [0.2, 0.25) is 0 Å². The van der Waals surface area contributed by atoms with Gasteiger partial charge in [-0.15, -0.1) is 0 Å². The lowest BCUT2D eigenvalue weighted by Gasteiger charge is -2.16. The van der Waals surface area contributed by atoms with Gasteiger partial charge < -0.3 is 15.6 Å². The second kappa shape index (κ2) is 7.86. The summed E-state index contributed by atoms with van der Waals surface area (Å²) in [5, 5.41) is 0. The molecule has 3 N–H and O–H groups in total. The second-order valence-electron chi connectivity index (χ2n) is 6.45. The number of hydrogen-bond donors (Lipinski definition) is 2. The highest BCUT2D eigenvalue weighted by Crippen LogP contribution is 2.21. The first-order valence-electron chi connectivity index (χ1n) is 9.13. The Hall–Kier alpha value is -3.41. The lowest BCUT2D eigenvalue weighted by atomic mass is 10.1. The molecule has 6 nitrogen and oxygen atoms in total. The molecule has 0 aliphatic carbocycles. The number of allylic oxidation sites excluding steroid dienone is 1. The summed E-state index contributed by atoms with van der Waals surface area (Å²) in [4.78, 5) is 19.2. The molecule has 0 radical (unpaired) electrons. The normalized spacial score (nSPS) is 15.3. The topological polar surface area (TPSA) is 83.2 Å². The van der Waals surface area contributed by atoms with Gasteiger partial charge in [0.25, 0.3) is 0 Å². The van der Waals surface area contributed by atoms with Crippen LogP contribution in [0.4, 0.5) is 11.6 Å². The molecule has 0 spiro atoms. The summed E-state index contributed by atoms with van der Waals surface area (Å²) < 4.78 is 0. The van der Waals surface area contributed by atoms with Crippen LogP contribution in [0.1, 0.15) is 24.2 Å². The molecule has 27 heavy (non-hydrogen) atoms. The molecule has 1 aromatic carbocycles. The van der Waals surface area contributed by atoms with E-state index in [-0.39, 0.29) is 0 Å². The number of nitrogens with one attached hydrogen (secondary N) is 1. The highest BCUT2D eigenvalue weighted by Gasteiger charge is 2.14. The minimum absolute atomic E-state index is 0.626. The van der Waals surface area contributed by atoms with Crippen molar-refractivity contribution in [2.45, 2.75) is 12.8 Å². The first-order chi connectivity index (χ1) is 13.3. The van der Waals surface area contributed by atoms with Crippen molar-refractivity contribution in [2.24, 2.45) is 10.7 Å². The molecular weight excluding hydrogens is 336 g/mol. The van der Waals surface area contributed by atoms with Gasteiger partial charge in [-0.1, -0.05) is 36.4 Å². The molecule has 1 fully saturated rings. The van der Waals surface area contributed by atoms with Gasteiger partial charge in [0.05, 0.1) is 0 Å². The van der Waals surface area contributed by atoms with E-state index in [2.05, 4.69) is 14.9 Å². The lowest BCUT2D eigenvalue weighted by molar-refractivity contribution is 0.937. The number of aliphatic imine (C=N–C) groups is 1. The molecule has 2 aromatic heterocycles. The third kappa shape index (κ3) is 4.06. The Labute approximate surface area is 158 Å². The monoisotopic (exact) mass is 358 g/mol. The zero-order chi connectivity index (χ0) is 18.5. The minimum Gasteiger partial charge on any atom is -0.398 e. The number of aromatic amines is 1. The van der Waals surface area contributed by atoms with E-state index in [4.69, 9.17) is 15.7 Å². The number of anilines is 1. The molecule has 0 saturated carbocycles. The van der Waals surface area contributed by atoms with E-state index in [1.54, 1.807) is 12.4 Å². The largest absolute Gasteiger partial charge is 0.398 e. The summed E-state index contributed by atoms with van der Waals surface area (Å²) in [6, 6.07) is 15.7. The Morgan fingerprint density at radius 3 is 2.63 bits per heavy atom. The fraction of sp³-hybridized carbons (Fsp3) is 0.190. The zero-order valence-electron chi connectivity index (χ0n) is 15.0. The third-order valence-electron chi connectivity index (χ3n) is 4.52. The second-order valence-corrected chi connectivity index (χ2v) is 6.45. The molecule has 0 unspecified atom stereocenters. The lowest BCUT2D eigenvalue weighted by Crippen LogP contribution is -2.18. The maximum atomic E-state index is 6.30. The van der Waals surface area contributed by atoms with Crippen LogP contribution in [-0.4, -0.2) is 33.8 Å². The summed E-state index contributed by atoms with van der Waals surface area (Å²) >= 11 is 0. The van der Waals surface area contributed by atoms with Crippen molar-refractivity contribution >= 4 is 23.0 Å². The van der Waals surface area contributed by atoms with E-state index in [1.165, 1.54) is 12.8 Å². The number of nitrogens with zero attached hydrogens (tertiary/aromatic N) is 4. The predicted molar refractivity (Wildman–Crippen MR) is 109 cm³/mol. The predicted octanol–water partition coefficient (Wildman–Crippen LogP) is 3.53. The van der Waals surface area contributed by atoms with Crippen molar-refractivity contribution in [2.75, 3.05) is 18.0 Å². The molecule has 1 aliphatic heterocycles. The van der Waals surface area contributed by atoms with Gasteiger partial charge in [0.1, 0.15) is 11.5 Å². The molecule has 1 saturated heterocycles. The minimum atomic E-state index is 0.626. The highest BCUT2D eigenvalue weighted by molar-refractivity contribution is 6.10. The van der Waals surface area contributed by atoms with Crippen LogP contribution < -0.4 is 10.6 Å². The number of aromatic nitrogens is 3. The van der Waals surface area contributed by atoms with Crippen LogP contribution in [-0.2, 0) is 0 Å². The van der Waals surface area contributed by atoms with Gasteiger partial charge >= 0.3 is 0 Å². The van der Waals surface area contributed by atoms with Gasteiger partial charge in [-0.3, -0.25) is 0 Å². The molecule has 136 valence electrons. The van der Waals surface area contributed by atoms with Gasteiger partial charge in [0.15, 0.2) is 11.6 Å². The summed E-state index contributed by atoms with van der Waals surface area (Å²) in [7, 11) is 0. The Morgan fingerprint density at radius 2 is 1.89 bits per heavy atom. The van der Waals surface area contributed by atoms with Gasteiger partial charge in [0, 0.05) is 31.2 Å². The zero-order valence-corrected chi connectivity index (χ0v) is 15.0. The van der Waals surface area contributed by atoms with Gasteiger partial charge in [-0.05, 0) is 36.6 Å². The molecular formula is C21H22N6. The maximum absolute atomic E-state index is 6.30. The van der Waals surface area contributed by atoms with E-state index in [0.29, 0.717) is 23.1 Å². The van der Waals surface area contributed by atoms with Gasteiger partial charge in [-0.25, -0.2) is 15.0 Å². The van der Waals surface area contributed by atoms with Crippen LogP contribution in [0, 0.1) is 0 Å². The SMILES string of the molecule is N/C(=C\C(=Nc1cccc(N2CCCC2)n1)c1ncc[nH]1)c1ccccc1. The van der Waals surface area contributed by atoms with Crippen molar-refractivity contribution in [3.63, 3.8) is 0 Å². The number of imidazole rings is 1. The fourth-order valence-electron chi connectivity index (χ4n) is 3.14. The van der Waals surface area contributed by atoms with Crippen molar-refractivity contribution < 1.29 is 0 Å². The van der Waals surface area contributed by atoms with Crippen LogP contribution in [0.5, 0.6) is 0 Å². The number of H-pyrrole nitrogens is 1. The molecule has 4 rings (SSSR count). The smallest absolute Gasteiger partial charge is 0.156 e. The Morgan fingerprint density at radius 1 is 1.07 bits per heavy atom. The van der Waals surface area contributed by atoms with Crippen molar-refractivity contribution in [1.82, 2.24) is 15.0 Å². The van der Waals surface area contributed by atoms with E-state index in [1.807, 2.05) is 54.6 Å². The summed E-state index contributed by atoms with van der Waals surface area (Å²) in [6.45, 7) is 2.10. The summed E-state index contributed by atoms with van der Waals surface area (Å²) in [5.74, 6) is 2.26. The number of hydrogen-bond acceptors (Lipinski definition) is 5. The van der Waals surface area contributed by atoms with Crippen LogP contribution in [0.25, 0.3) is 5.70 Å². The average Bonchev–Trinajstić information content (AvgIpc) is 3.42. The molecule has 3 aromatic rings. The van der Waals surface area contributed by atoms with Crippen molar-refractivity contribution in [3.05, 3.63) is 78.4 Å². The van der Waals surface area contributed by atoms with Gasteiger partial charge in [-0.2, -0.15) is 0 Å². The van der Waals surface area contributed by atoms with Crippen LogP contribution in [0.3, 0.4) is 0 Å². The summed E-state index contributed by atoms with van der Waals surface area (Å²) in [6.07, 6.45) is 7.72. The first kappa shape index (κ1) is 17.0. The molecule has 6 heteroatoms. The molecule has 1 aliphatic rings. The maximum Gasteiger partial charge on any atom is 0.156 e. The van der Waals surface area contributed by atoms with Crippen molar-refractivity contribution in [1.29, 1.82) is 0 Å². The van der Waals surface area contributed by atoms with Crippen molar-refractivity contribution in [3.8, 4) is 0 Å². The number of pyridine rings is 1. The molecule has 3 heterocycles. The standard InChI is InChI=1S/C21H22N6/c22-17(16-7-2-1-3-8-16)15-18(21-23-11-12-24-21)25-19-9-6-10-20(26-19)27-13-4-5-14-27/h1-3,6-12,15H,4-5,13-14,22H2,(H,23,24)/b17-15-,25-18?. The Kier molecular flexibility index (Phi) is 4.96. The summed E-state index contributed by atoms with van der Waals surface area (Å²) in [5.41, 5.74) is 8.51. The third-order valence-corrected chi connectivity index (χ3v) is 4.52. The van der Waals surface area contributed by atoms with E-state index in [0.717, 1.165) is 24.5 Å². The number of benzene rings is 1. The number of rotatable bonds is 5. The molecule has 0 bridgehead atoms. The highest BCUT2D eigenvalue weighted by atomic mass is 15.2. The quantitative estimate of drug-likeness (QED) is 0.684. The van der Waals surface area contributed by atoms with E-state index < -0.39 is 0 Å². The Bertz CT molecular complexity index is 938. The first-order valence-corrected chi connectivity index (χ1v) is 9.13. The number of nitrogens with two attached hydrogens (primary N) is 1.